The van der Waals surface area contributed by atoms with Gasteiger partial charge < -0.3 is 24.1 Å². The van der Waals surface area contributed by atoms with E-state index in [4.69, 9.17) is 30.5 Å². The van der Waals surface area contributed by atoms with Gasteiger partial charge in [-0.3, -0.25) is 4.21 Å². The molecule has 1 aliphatic rings. The molecule has 156 valence electrons. The highest BCUT2D eigenvalue weighted by molar-refractivity contribution is 7.87. The summed E-state index contributed by atoms with van der Waals surface area (Å²) in [5, 5.41) is 12.5. The maximum atomic E-state index is 14.8. The molecule has 1 N–H and O–H groups in total. The predicted octanol–water partition coefficient (Wildman–Crippen LogP) is 3.84. The number of rotatable bonds is 8. The van der Waals surface area contributed by atoms with Gasteiger partial charge in [-0.15, -0.1) is 0 Å². The first kappa shape index (κ1) is 22.8. The number of alkyl halides is 1. The average molecular weight is 435 g/mol. The molecule has 0 fully saturated rings. The molecule has 0 radical (unpaired) electrons. The van der Waals surface area contributed by atoms with Crippen molar-refractivity contribution >= 4 is 22.4 Å². The highest BCUT2D eigenvalue weighted by Gasteiger charge is 2.55. The number of benzene rings is 1. The van der Waals surface area contributed by atoms with Gasteiger partial charge in [-0.1, -0.05) is 23.7 Å². The van der Waals surface area contributed by atoms with Gasteiger partial charge in [-0.25, -0.2) is 4.39 Å². The zero-order chi connectivity index (χ0) is 20.9. The van der Waals surface area contributed by atoms with E-state index in [1.807, 2.05) is 0 Å². The van der Waals surface area contributed by atoms with Crippen molar-refractivity contribution in [3.63, 3.8) is 0 Å². The minimum atomic E-state index is -2.28. The summed E-state index contributed by atoms with van der Waals surface area (Å²) in [5.74, 6) is -5.00. The van der Waals surface area contributed by atoms with Crippen LogP contribution < -0.4 is 0 Å². The molecule has 1 aromatic carbocycles. The molecule has 0 spiro atoms. The summed E-state index contributed by atoms with van der Waals surface area (Å²) in [6.07, 6.45) is 0.575. The van der Waals surface area contributed by atoms with Gasteiger partial charge in [-0.2, -0.15) is 0 Å². The molecule has 0 saturated carbocycles. The highest BCUT2D eigenvalue weighted by Crippen LogP contribution is 2.46. The summed E-state index contributed by atoms with van der Waals surface area (Å²) in [4.78, 5) is 0. The van der Waals surface area contributed by atoms with Crippen molar-refractivity contribution in [3.05, 3.63) is 57.9 Å². The second kappa shape index (κ2) is 9.37. The van der Waals surface area contributed by atoms with Crippen molar-refractivity contribution in [2.24, 2.45) is 5.92 Å². The van der Waals surface area contributed by atoms with Crippen molar-refractivity contribution in [2.75, 3.05) is 28.4 Å². The van der Waals surface area contributed by atoms with E-state index >= 15 is 0 Å². The van der Waals surface area contributed by atoms with E-state index in [0.717, 1.165) is 11.6 Å². The zero-order valence-corrected chi connectivity index (χ0v) is 17.7. The van der Waals surface area contributed by atoms with Crippen molar-refractivity contribution in [1.29, 1.82) is 0 Å². The van der Waals surface area contributed by atoms with Gasteiger partial charge >= 0.3 is 0 Å². The van der Waals surface area contributed by atoms with Crippen LogP contribution in [0.2, 0.25) is 5.02 Å². The molecule has 1 aromatic rings. The lowest BCUT2D eigenvalue weighted by atomic mass is 9.83. The van der Waals surface area contributed by atoms with Crippen LogP contribution in [0.1, 0.15) is 12.0 Å². The van der Waals surface area contributed by atoms with Crippen molar-refractivity contribution in [1.82, 2.24) is 0 Å². The molecule has 28 heavy (non-hydrogen) atoms. The fourth-order valence-electron chi connectivity index (χ4n) is 3.13. The van der Waals surface area contributed by atoms with Crippen molar-refractivity contribution < 1.29 is 32.7 Å². The molecule has 0 bridgehead atoms. The molecule has 0 aromatic heterocycles. The fourth-order valence-corrected chi connectivity index (χ4v) is 4.35. The van der Waals surface area contributed by atoms with E-state index in [-0.39, 0.29) is 17.9 Å². The third-order valence-electron chi connectivity index (χ3n) is 4.61. The lowest BCUT2D eigenvalue weighted by Gasteiger charge is -2.44. The number of methoxy groups -OCH3 is 4. The number of hydrogen-bond donors (Lipinski definition) is 1. The van der Waals surface area contributed by atoms with E-state index in [1.54, 1.807) is 24.3 Å². The Labute approximate surface area is 171 Å². The summed E-state index contributed by atoms with van der Waals surface area (Å²) in [6, 6.07) is 6.95. The van der Waals surface area contributed by atoms with Gasteiger partial charge in [0.2, 0.25) is 5.85 Å². The maximum Gasteiger partial charge on any atom is 0.236 e. The van der Waals surface area contributed by atoms with Crippen LogP contribution in [0.4, 0.5) is 4.39 Å². The third-order valence-corrected chi connectivity index (χ3v) is 5.97. The van der Waals surface area contributed by atoms with Crippen LogP contribution in [-0.2, 0) is 35.5 Å². The number of aliphatic hydroxyl groups excluding tert-OH is 1. The molecule has 0 aliphatic heterocycles. The maximum absolute atomic E-state index is 14.8. The molecule has 2 rings (SSSR count). The second-order valence-corrected chi connectivity index (χ2v) is 7.99. The van der Waals surface area contributed by atoms with Crippen LogP contribution in [0.25, 0.3) is 0 Å². The van der Waals surface area contributed by atoms with Crippen molar-refractivity contribution in [3.8, 4) is 0 Å². The minimum Gasteiger partial charge on any atom is -0.511 e. The smallest absolute Gasteiger partial charge is 0.236 e. The molecule has 0 heterocycles. The average Bonchev–Trinajstić information content (AvgIpc) is 2.67. The van der Waals surface area contributed by atoms with Gasteiger partial charge in [0.25, 0.3) is 0 Å². The van der Waals surface area contributed by atoms with Gasteiger partial charge in [0.1, 0.15) is 17.4 Å². The SMILES string of the molecule is CO/C(=C/S(=O)Cc1ccc(Cl)cc1)C1C(O)=CC(F)(OC)CC1(OC)OC. The van der Waals surface area contributed by atoms with Crippen LogP contribution in [0.5, 0.6) is 0 Å². The Morgan fingerprint density at radius 2 is 1.86 bits per heavy atom. The number of aliphatic hydroxyl groups is 1. The number of halogens is 2. The number of ether oxygens (including phenoxy) is 4. The van der Waals surface area contributed by atoms with E-state index in [2.05, 4.69) is 0 Å². The van der Waals surface area contributed by atoms with Crippen molar-refractivity contribution in [2.45, 2.75) is 23.8 Å². The van der Waals surface area contributed by atoms with E-state index in [9.17, 15) is 13.7 Å². The van der Waals surface area contributed by atoms with Gasteiger partial charge in [0.15, 0.2) is 5.79 Å². The van der Waals surface area contributed by atoms with Gasteiger partial charge in [-0.05, 0) is 17.7 Å². The van der Waals surface area contributed by atoms with E-state index in [0.29, 0.717) is 5.02 Å². The first-order valence-corrected chi connectivity index (χ1v) is 10.1. The summed E-state index contributed by atoms with van der Waals surface area (Å²) < 4.78 is 48.5. The summed E-state index contributed by atoms with van der Waals surface area (Å²) in [5.41, 5.74) is 0.810. The Kier molecular flexibility index (Phi) is 7.64. The molecular weight excluding hydrogens is 411 g/mol. The first-order chi connectivity index (χ1) is 13.2. The molecule has 1 aliphatic carbocycles. The Bertz CT molecular complexity index is 762. The monoisotopic (exact) mass is 434 g/mol. The molecule has 3 unspecified atom stereocenters. The topological polar surface area (TPSA) is 74.2 Å². The normalized spacial score (nSPS) is 25.9. The standard InChI is InChI=1S/C19H24ClFO6S/c1-24-16(11-28(23)10-13-5-7-14(20)8-6-13)17-15(22)9-18(21,25-2)12-19(17,26-3)27-4/h5-9,11,17,22H,10,12H2,1-4H3/b16-11+. The molecule has 6 nitrogen and oxygen atoms in total. The summed E-state index contributed by atoms with van der Waals surface area (Å²) in [7, 11) is 3.70. The lowest BCUT2D eigenvalue weighted by molar-refractivity contribution is -0.281. The number of hydrogen-bond acceptors (Lipinski definition) is 6. The van der Waals surface area contributed by atoms with Crippen LogP contribution in [-0.4, -0.2) is 49.4 Å². The van der Waals surface area contributed by atoms with E-state index < -0.39 is 34.1 Å². The molecule has 0 saturated heterocycles. The van der Waals surface area contributed by atoms with Crippen LogP contribution in [0.3, 0.4) is 0 Å². The lowest BCUT2D eigenvalue weighted by Crippen LogP contribution is -2.52. The third kappa shape index (κ3) is 4.93. The van der Waals surface area contributed by atoms with Gasteiger partial charge in [0, 0.05) is 37.8 Å². The summed E-state index contributed by atoms with van der Waals surface area (Å²) in [6.45, 7) is 0. The highest BCUT2D eigenvalue weighted by atomic mass is 35.5. The van der Waals surface area contributed by atoms with Crippen LogP contribution in [0, 0.1) is 5.92 Å². The van der Waals surface area contributed by atoms with Crippen LogP contribution >= 0.6 is 11.6 Å². The largest absolute Gasteiger partial charge is 0.511 e. The minimum absolute atomic E-state index is 0.128. The fraction of sp³-hybridized carbons (Fsp3) is 0.474. The molecule has 9 heteroatoms. The zero-order valence-electron chi connectivity index (χ0n) is 16.1. The quantitative estimate of drug-likeness (QED) is 0.495. The molecule has 3 atom stereocenters. The Morgan fingerprint density at radius 3 is 2.36 bits per heavy atom. The van der Waals surface area contributed by atoms with Crippen LogP contribution in [0.15, 0.2) is 47.3 Å². The Balaban J connectivity index is 2.38. The molecule has 0 amide bonds. The summed E-state index contributed by atoms with van der Waals surface area (Å²) >= 11 is 5.86. The molecular formula is C19H24ClFO6S. The Hall–Kier alpha value is -1.45. The van der Waals surface area contributed by atoms with Gasteiger partial charge in [0.05, 0.1) is 30.1 Å². The Morgan fingerprint density at radius 1 is 1.25 bits per heavy atom. The second-order valence-electron chi connectivity index (χ2n) is 6.27. The first-order valence-electron chi connectivity index (χ1n) is 8.36. The van der Waals surface area contributed by atoms with E-state index in [1.165, 1.54) is 33.8 Å². The predicted molar refractivity (Wildman–Crippen MR) is 105 cm³/mol.